The molecule has 1 aliphatic heterocycles. The molecule has 2 aromatic carbocycles. The monoisotopic (exact) mass is 559 g/mol. The number of carbonyl (C=O) groups excluding carboxylic acids is 2. The molecule has 3 heterocycles. The number of esters is 1. The van der Waals surface area contributed by atoms with Crippen LogP contribution in [0.25, 0.3) is 27.5 Å². The molecule has 35 heavy (non-hydrogen) atoms. The first-order chi connectivity index (χ1) is 16.9. The summed E-state index contributed by atoms with van der Waals surface area (Å²) in [4.78, 5) is 39.7. The minimum atomic E-state index is -0.529. The predicted molar refractivity (Wildman–Crippen MR) is 145 cm³/mol. The summed E-state index contributed by atoms with van der Waals surface area (Å²) >= 11 is 15.0. The zero-order valence-corrected chi connectivity index (χ0v) is 21.7. The lowest BCUT2D eigenvalue weighted by atomic mass is 10.0. The zero-order chi connectivity index (χ0) is 24.5. The number of thiophene rings is 1. The smallest absolute Gasteiger partial charge is 0.396 e. The van der Waals surface area contributed by atoms with Crippen LogP contribution in [0.5, 0.6) is 5.75 Å². The molecule has 0 unspecified atom stereocenters. The maximum Gasteiger partial charge on any atom is 0.396 e. The van der Waals surface area contributed by atoms with Gasteiger partial charge in [0.1, 0.15) is 10.1 Å². The van der Waals surface area contributed by atoms with E-state index >= 15 is 0 Å². The quantitative estimate of drug-likeness (QED) is 0.116. The molecule has 2 aromatic heterocycles. The van der Waals surface area contributed by atoms with Crippen LogP contribution in [-0.4, -0.2) is 27.6 Å². The normalized spacial score (nSPS) is 14.9. The fraction of sp³-hybridized carbons (Fsp3) is 0.0833. The van der Waals surface area contributed by atoms with Gasteiger partial charge in [-0.2, -0.15) is 0 Å². The van der Waals surface area contributed by atoms with E-state index in [1.807, 2.05) is 17.5 Å². The van der Waals surface area contributed by atoms with Crippen molar-refractivity contribution in [3.8, 4) is 16.9 Å². The van der Waals surface area contributed by atoms with E-state index < -0.39 is 10.9 Å². The third kappa shape index (κ3) is 5.26. The van der Waals surface area contributed by atoms with Gasteiger partial charge in [-0.1, -0.05) is 65.1 Å². The Morgan fingerprint density at radius 3 is 2.71 bits per heavy atom. The number of carbonyl (C=O) groups is 2. The van der Waals surface area contributed by atoms with Crippen LogP contribution in [0.2, 0.25) is 5.02 Å². The van der Waals surface area contributed by atoms with Crippen LogP contribution >= 0.6 is 58.3 Å². The Balaban J connectivity index is 1.31. The van der Waals surface area contributed by atoms with Crippen LogP contribution in [0.4, 0.5) is 0 Å². The van der Waals surface area contributed by atoms with Gasteiger partial charge in [-0.05, 0) is 41.3 Å². The van der Waals surface area contributed by atoms with Gasteiger partial charge in [-0.25, -0.2) is 4.79 Å². The van der Waals surface area contributed by atoms with E-state index in [9.17, 15) is 14.4 Å². The maximum absolute atomic E-state index is 12.7. The summed E-state index contributed by atoms with van der Waals surface area (Å²) in [6.07, 6.45) is 1.75. The Morgan fingerprint density at radius 1 is 1.17 bits per heavy atom. The van der Waals surface area contributed by atoms with Gasteiger partial charge in [0.25, 0.3) is 5.91 Å². The van der Waals surface area contributed by atoms with Crippen LogP contribution < -0.4 is 9.68 Å². The molecule has 0 bridgehead atoms. The number of thioether (sulfide) groups is 1. The third-order valence-electron chi connectivity index (χ3n) is 5.02. The molecule has 1 aliphatic rings. The molecular weight excluding hydrogens is 546 g/mol. The van der Waals surface area contributed by atoms with E-state index in [-0.39, 0.29) is 24.6 Å². The molecule has 11 heteroatoms. The van der Waals surface area contributed by atoms with Crippen molar-refractivity contribution in [2.75, 3.05) is 6.54 Å². The maximum atomic E-state index is 12.7. The van der Waals surface area contributed by atoms with Crippen LogP contribution in [0.3, 0.4) is 0 Å². The number of fused-ring (bicyclic) bond motifs is 1. The van der Waals surface area contributed by atoms with Gasteiger partial charge in [-0.15, -0.1) is 11.3 Å². The summed E-state index contributed by atoms with van der Waals surface area (Å²) in [7, 11) is 0. The second-order valence-electron chi connectivity index (χ2n) is 7.33. The van der Waals surface area contributed by atoms with Gasteiger partial charge in [-0.3, -0.25) is 14.5 Å². The topological polar surface area (TPSA) is 76.8 Å². The van der Waals surface area contributed by atoms with Gasteiger partial charge in [0.05, 0.1) is 16.0 Å². The predicted octanol–water partition coefficient (Wildman–Crippen LogP) is 6.43. The molecule has 0 aliphatic carbocycles. The number of thiocarbonyl (C=S) groups is 1. The van der Waals surface area contributed by atoms with Gasteiger partial charge < -0.3 is 9.15 Å². The highest BCUT2D eigenvalue weighted by Gasteiger charge is 2.32. The lowest BCUT2D eigenvalue weighted by Gasteiger charge is -2.14. The summed E-state index contributed by atoms with van der Waals surface area (Å²) in [6.45, 7) is 0.108. The average Bonchev–Trinajstić information content (AvgIpc) is 3.53. The standard InChI is InChI=1S/C24H14ClNO5S4/c25-14-5-3-13(4-6-14)17-10-15(11-18-21(17)31-24(29)35-18)30-20(27)7-8-26-22(28)19(34-23(26)32)12-16-2-1-9-33-16/h1-6,9-12H,7-8H2. The summed E-state index contributed by atoms with van der Waals surface area (Å²) in [5.74, 6) is -0.484. The lowest BCUT2D eigenvalue weighted by Crippen LogP contribution is -2.31. The molecule has 6 nitrogen and oxygen atoms in total. The van der Waals surface area contributed by atoms with E-state index in [4.69, 9.17) is 33.0 Å². The van der Waals surface area contributed by atoms with E-state index in [0.717, 1.165) is 21.8 Å². The first-order valence-corrected chi connectivity index (χ1v) is 13.5. The van der Waals surface area contributed by atoms with E-state index in [2.05, 4.69) is 0 Å². The average molecular weight is 560 g/mol. The molecule has 0 radical (unpaired) electrons. The molecule has 0 spiro atoms. The molecule has 4 aromatic rings. The van der Waals surface area contributed by atoms with Crippen LogP contribution in [0, 0.1) is 0 Å². The number of amides is 1. The van der Waals surface area contributed by atoms with Gasteiger partial charge >= 0.3 is 10.9 Å². The Bertz CT molecular complexity index is 1540. The van der Waals surface area contributed by atoms with Crippen LogP contribution in [0.15, 0.2) is 68.0 Å². The minimum absolute atomic E-state index is 0.0470. The zero-order valence-electron chi connectivity index (χ0n) is 17.7. The Labute approximate surface area is 221 Å². The van der Waals surface area contributed by atoms with E-state index in [1.165, 1.54) is 28.0 Å². The molecule has 5 rings (SSSR count). The summed E-state index contributed by atoms with van der Waals surface area (Å²) in [5.41, 5.74) is 1.78. The molecule has 1 saturated heterocycles. The van der Waals surface area contributed by atoms with Crippen molar-refractivity contribution < 1.29 is 18.7 Å². The second-order valence-corrected chi connectivity index (χ2v) is 11.4. The summed E-state index contributed by atoms with van der Waals surface area (Å²) in [6, 6.07) is 14.1. The highest BCUT2D eigenvalue weighted by atomic mass is 35.5. The Morgan fingerprint density at radius 2 is 1.97 bits per heavy atom. The van der Waals surface area contributed by atoms with Crippen molar-refractivity contribution in [1.82, 2.24) is 4.90 Å². The molecule has 0 N–H and O–H groups in total. The van der Waals surface area contributed by atoms with Crippen LogP contribution in [0.1, 0.15) is 11.3 Å². The lowest BCUT2D eigenvalue weighted by molar-refractivity contribution is -0.134. The number of benzene rings is 2. The molecule has 176 valence electrons. The number of hydrogen-bond donors (Lipinski definition) is 0. The van der Waals surface area contributed by atoms with E-state index in [0.29, 0.717) is 30.1 Å². The van der Waals surface area contributed by atoms with Gasteiger partial charge in [0, 0.05) is 28.1 Å². The number of ether oxygens (including phenoxy) is 1. The van der Waals surface area contributed by atoms with Crippen molar-refractivity contribution >= 4 is 90.8 Å². The van der Waals surface area contributed by atoms with E-state index in [1.54, 1.807) is 42.5 Å². The van der Waals surface area contributed by atoms with Crippen molar-refractivity contribution in [3.05, 3.63) is 78.4 Å². The molecule has 0 atom stereocenters. The van der Waals surface area contributed by atoms with Crippen molar-refractivity contribution in [2.24, 2.45) is 0 Å². The molecular formula is C24H14ClNO5S4. The Kier molecular flexibility index (Phi) is 6.90. The van der Waals surface area contributed by atoms with Crippen molar-refractivity contribution in [3.63, 3.8) is 0 Å². The molecule has 0 saturated carbocycles. The number of halogens is 1. The first-order valence-electron chi connectivity index (χ1n) is 10.2. The largest absolute Gasteiger partial charge is 0.426 e. The minimum Gasteiger partial charge on any atom is -0.426 e. The SMILES string of the molecule is O=C(CCN1C(=O)C(=Cc2cccs2)SC1=S)Oc1cc(-c2ccc(Cl)cc2)c2oc(=O)sc2c1. The third-order valence-corrected chi connectivity index (χ3v) is 8.25. The highest BCUT2D eigenvalue weighted by molar-refractivity contribution is 8.26. The summed E-state index contributed by atoms with van der Waals surface area (Å²) in [5, 5.41) is 2.50. The fourth-order valence-electron chi connectivity index (χ4n) is 3.44. The second kappa shape index (κ2) is 10.1. The first kappa shape index (κ1) is 24.0. The van der Waals surface area contributed by atoms with Gasteiger partial charge in [0.2, 0.25) is 0 Å². The Hall–Kier alpha value is -2.76. The number of rotatable bonds is 6. The van der Waals surface area contributed by atoms with Crippen molar-refractivity contribution in [1.29, 1.82) is 0 Å². The molecule has 1 fully saturated rings. The summed E-state index contributed by atoms with van der Waals surface area (Å²) < 4.78 is 11.9. The van der Waals surface area contributed by atoms with Crippen LogP contribution in [-0.2, 0) is 9.59 Å². The van der Waals surface area contributed by atoms with Crippen molar-refractivity contribution in [2.45, 2.75) is 6.42 Å². The molecule has 1 amide bonds. The number of nitrogens with zero attached hydrogens (tertiary/aromatic N) is 1. The number of hydrogen-bond acceptors (Lipinski definition) is 9. The van der Waals surface area contributed by atoms with Gasteiger partial charge in [0.15, 0.2) is 5.58 Å². The highest BCUT2D eigenvalue weighted by Crippen LogP contribution is 2.36. The fourth-order valence-corrected chi connectivity index (χ4v) is 6.32.